The van der Waals surface area contributed by atoms with Gasteiger partial charge in [0.1, 0.15) is 11.4 Å². The molecule has 0 fully saturated rings. The molecule has 0 saturated carbocycles. The fraction of sp³-hybridized carbons (Fsp3) is 0.500. The summed E-state index contributed by atoms with van der Waals surface area (Å²) in [7, 11) is 0. The van der Waals surface area contributed by atoms with Crippen LogP contribution in [0.1, 0.15) is 39.7 Å². The monoisotopic (exact) mass is 293 g/mol. The number of benzene rings is 1. The van der Waals surface area contributed by atoms with Crippen molar-refractivity contribution in [2.75, 3.05) is 6.54 Å². The summed E-state index contributed by atoms with van der Waals surface area (Å²) in [4.78, 5) is 22.3. The van der Waals surface area contributed by atoms with E-state index in [0.29, 0.717) is 12.3 Å². The van der Waals surface area contributed by atoms with Crippen LogP contribution in [-0.4, -0.2) is 24.2 Å². The average molecular weight is 293 g/mol. The highest BCUT2D eigenvalue weighted by Crippen LogP contribution is 2.14. The lowest BCUT2D eigenvalue weighted by Gasteiger charge is -2.19. The van der Waals surface area contributed by atoms with Crippen LogP contribution in [0.15, 0.2) is 24.3 Å². The van der Waals surface area contributed by atoms with Gasteiger partial charge in [-0.3, -0.25) is 4.79 Å². The summed E-state index contributed by atoms with van der Waals surface area (Å²) in [6.07, 6.45) is 1.16. The topological polar surface area (TPSA) is 64.6 Å². The van der Waals surface area contributed by atoms with Gasteiger partial charge >= 0.3 is 12.1 Å². The molecule has 1 amide bonds. The van der Waals surface area contributed by atoms with Crippen LogP contribution < -0.4 is 10.1 Å². The Kier molecular flexibility index (Phi) is 6.21. The van der Waals surface area contributed by atoms with E-state index >= 15 is 0 Å². The smallest absolute Gasteiger partial charge is 0.407 e. The highest BCUT2D eigenvalue weighted by Gasteiger charge is 2.15. The molecule has 0 atom stereocenters. The van der Waals surface area contributed by atoms with Crippen LogP contribution in [0, 0.1) is 0 Å². The number of carbonyl (C=O) groups excluding carboxylic acids is 2. The van der Waals surface area contributed by atoms with E-state index in [9.17, 15) is 9.59 Å². The molecule has 0 aromatic heterocycles. The third kappa shape index (κ3) is 7.97. The van der Waals surface area contributed by atoms with E-state index in [1.807, 2.05) is 39.0 Å². The van der Waals surface area contributed by atoms with Crippen LogP contribution in [0.4, 0.5) is 4.79 Å². The summed E-state index contributed by atoms with van der Waals surface area (Å²) >= 11 is 0. The van der Waals surface area contributed by atoms with Crippen molar-refractivity contribution in [1.29, 1.82) is 0 Å². The number of alkyl carbamates (subject to hydrolysis) is 1. The lowest BCUT2D eigenvalue weighted by Crippen LogP contribution is -2.33. The molecule has 1 N–H and O–H groups in total. The lowest BCUT2D eigenvalue weighted by molar-refractivity contribution is -0.131. The van der Waals surface area contributed by atoms with Gasteiger partial charge in [-0.2, -0.15) is 0 Å². The molecule has 0 radical (unpaired) electrons. The summed E-state index contributed by atoms with van der Waals surface area (Å²) in [6.45, 7) is 7.39. The largest absolute Gasteiger partial charge is 0.444 e. The molecule has 0 aliphatic carbocycles. The molecular formula is C16H23NO4. The highest BCUT2D eigenvalue weighted by molar-refractivity contribution is 5.69. The zero-order valence-electron chi connectivity index (χ0n) is 13.1. The number of ether oxygens (including phenoxy) is 2. The van der Waals surface area contributed by atoms with Gasteiger partial charge in [-0.15, -0.1) is 0 Å². The molecule has 0 heterocycles. The summed E-state index contributed by atoms with van der Waals surface area (Å²) < 4.78 is 10.2. The third-order valence-corrected chi connectivity index (χ3v) is 2.47. The van der Waals surface area contributed by atoms with Gasteiger partial charge in [0.2, 0.25) is 0 Å². The summed E-state index contributed by atoms with van der Waals surface area (Å²) in [6, 6.07) is 7.37. The SMILES string of the molecule is CC(=O)Oc1cccc(CCCNC(=O)OC(C)(C)C)c1. The summed E-state index contributed by atoms with van der Waals surface area (Å²) in [5.74, 6) is 0.207. The Morgan fingerprint density at radius 2 is 1.95 bits per heavy atom. The molecule has 1 rings (SSSR count). The summed E-state index contributed by atoms with van der Waals surface area (Å²) in [5.41, 5.74) is 0.572. The Bertz CT molecular complexity index is 491. The molecule has 1 aromatic rings. The number of aryl methyl sites for hydroxylation is 1. The molecule has 0 unspecified atom stereocenters. The van der Waals surface area contributed by atoms with Gasteiger partial charge < -0.3 is 14.8 Å². The van der Waals surface area contributed by atoms with Crippen molar-refractivity contribution in [1.82, 2.24) is 5.32 Å². The Hall–Kier alpha value is -2.04. The fourth-order valence-electron chi connectivity index (χ4n) is 1.73. The number of hydrogen-bond donors (Lipinski definition) is 1. The molecule has 0 aliphatic heterocycles. The van der Waals surface area contributed by atoms with Crippen molar-refractivity contribution in [2.45, 2.75) is 46.1 Å². The average Bonchev–Trinajstić information content (AvgIpc) is 2.32. The second kappa shape index (κ2) is 7.67. The van der Waals surface area contributed by atoms with Crippen molar-refractivity contribution >= 4 is 12.1 Å². The molecule has 5 heteroatoms. The van der Waals surface area contributed by atoms with Gasteiger partial charge in [0.15, 0.2) is 0 Å². The number of esters is 1. The first kappa shape index (κ1) is 17.0. The third-order valence-electron chi connectivity index (χ3n) is 2.47. The number of amides is 1. The van der Waals surface area contributed by atoms with Gasteiger partial charge in [0.05, 0.1) is 0 Å². The minimum Gasteiger partial charge on any atom is -0.444 e. The normalized spacial score (nSPS) is 10.9. The van der Waals surface area contributed by atoms with Crippen molar-refractivity contribution in [3.05, 3.63) is 29.8 Å². The van der Waals surface area contributed by atoms with Crippen molar-refractivity contribution in [2.24, 2.45) is 0 Å². The Labute approximate surface area is 125 Å². The first-order valence-corrected chi connectivity index (χ1v) is 7.00. The number of rotatable bonds is 5. The number of nitrogens with one attached hydrogen (secondary N) is 1. The van der Waals surface area contributed by atoms with Crippen LogP contribution in [0.3, 0.4) is 0 Å². The van der Waals surface area contributed by atoms with E-state index in [2.05, 4.69) is 5.32 Å². The Balaban J connectivity index is 2.33. The van der Waals surface area contributed by atoms with E-state index in [4.69, 9.17) is 9.47 Å². The first-order valence-electron chi connectivity index (χ1n) is 7.00. The van der Waals surface area contributed by atoms with E-state index < -0.39 is 11.7 Å². The van der Waals surface area contributed by atoms with E-state index in [-0.39, 0.29) is 5.97 Å². The predicted molar refractivity (Wildman–Crippen MR) is 80.3 cm³/mol. The predicted octanol–water partition coefficient (Wildman–Crippen LogP) is 3.07. The molecule has 0 saturated heterocycles. The zero-order valence-corrected chi connectivity index (χ0v) is 13.1. The van der Waals surface area contributed by atoms with Gasteiger partial charge in [0.25, 0.3) is 0 Å². The van der Waals surface area contributed by atoms with Crippen molar-refractivity contribution in [3.63, 3.8) is 0 Å². The van der Waals surface area contributed by atoms with Gasteiger partial charge in [-0.25, -0.2) is 4.79 Å². The molecule has 5 nitrogen and oxygen atoms in total. The first-order chi connectivity index (χ1) is 9.76. The van der Waals surface area contributed by atoms with Gasteiger partial charge in [0, 0.05) is 13.5 Å². The maximum Gasteiger partial charge on any atom is 0.407 e. The van der Waals surface area contributed by atoms with Crippen molar-refractivity contribution in [3.8, 4) is 5.75 Å². The van der Waals surface area contributed by atoms with Gasteiger partial charge in [-0.05, 0) is 51.3 Å². The fourth-order valence-corrected chi connectivity index (χ4v) is 1.73. The Morgan fingerprint density at radius 1 is 1.24 bits per heavy atom. The molecule has 21 heavy (non-hydrogen) atoms. The van der Waals surface area contributed by atoms with Crippen molar-refractivity contribution < 1.29 is 19.1 Å². The molecular weight excluding hydrogens is 270 g/mol. The van der Waals surface area contributed by atoms with Crippen LogP contribution in [0.5, 0.6) is 5.75 Å². The molecule has 0 bridgehead atoms. The van der Waals surface area contributed by atoms with Crippen LogP contribution in [0.2, 0.25) is 0 Å². The van der Waals surface area contributed by atoms with E-state index in [0.717, 1.165) is 18.4 Å². The zero-order chi connectivity index (χ0) is 15.9. The van der Waals surface area contributed by atoms with Crippen LogP contribution in [-0.2, 0) is 16.0 Å². The quantitative estimate of drug-likeness (QED) is 0.515. The molecule has 0 spiro atoms. The Morgan fingerprint density at radius 3 is 2.57 bits per heavy atom. The lowest BCUT2D eigenvalue weighted by atomic mass is 10.1. The minimum absolute atomic E-state index is 0.334. The van der Waals surface area contributed by atoms with E-state index in [1.165, 1.54) is 6.92 Å². The molecule has 116 valence electrons. The molecule has 0 aliphatic rings. The second-order valence-corrected chi connectivity index (χ2v) is 5.77. The number of carbonyl (C=O) groups is 2. The van der Waals surface area contributed by atoms with E-state index in [1.54, 1.807) is 6.07 Å². The summed E-state index contributed by atoms with van der Waals surface area (Å²) in [5, 5.41) is 2.71. The maximum atomic E-state index is 11.5. The van der Waals surface area contributed by atoms with Crippen LogP contribution >= 0.6 is 0 Å². The number of hydrogen-bond acceptors (Lipinski definition) is 4. The standard InChI is InChI=1S/C16H23NO4/c1-12(18)20-14-9-5-7-13(11-14)8-6-10-17-15(19)21-16(2,3)4/h5,7,9,11H,6,8,10H2,1-4H3,(H,17,19). The van der Waals surface area contributed by atoms with Gasteiger partial charge in [-0.1, -0.05) is 12.1 Å². The highest BCUT2D eigenvalue weighted by atomic mass is 16.6. The maximum absolute atomic E-state index is 11.5. The molecule has 1 aromatic carbocycles. The second-order valence-electron chi connectivity index (χ2n) is 5.77. The van der Waals surface area contributed by atoms with Crippen LogP contribution in [0.25, 0.3) is 0 Å². The minimum atomic E-state index is -0.484.